The molecule has 302 valence electrons. The Labute approximate surface area is 340 Å². The number of piperidine rings is 1. The number of piperazine rings is 1. The number of anilines is 3. The highest BCUT2D eigenvalue weighted by Gasteiger charge is 2.45. The molecule has 0 radical (unpaired) electrons. The molecule has 4 aromatic rings. The number of fused-ring (bicyclic) bond motifs is 2. The van der Waals surface area contributed by atoms with Crippen LogP contribution < -0.4 is 21.1 Å². The molecular formula is C42H47N9O6S. The number of thioether (sulfide) groups is 1. The zero-order valence-corrected chi connectivity index (χ0v) is 33.6. The van der Waals surface area contributed by atoms with Gasteiger partial charge < -0.3 is 10.2 Å². The first-order valence-corrected chi connectivity index (χ1v) is 21.2. The lowest BCUT2D eigenvalue weighted by molar-refractivity contribution is -0.136. The Morgan fingerprint density at radius 1 is 0.914 bits per heavy atom. The molecule has 16 heteroatoms. The summed E-state index contributed by atoms with van der Waals surface area (Å²) < 4.78 is 1.71. The fraction of sp³-hybridized carbons (Fsp3) is 0.452. The highest BCUT2D eigenvalue weighted by Crippen LogP contribution is 2.35. The maximum Gasteiger partial charge on any atom is 0.263 e. The predicted octanol–water partition coefficient (Wildman–Crippen LogP) is 5.04. The van der Waals surface area contributed by atoms with Gasteiger partial charge in [0.1, 0.15) is 17.5 Å². The number of carbonyl (C=O) groups is 5. The third-order valence-electron chi connectivity index (χ3n) is 11.8. The molecule has 2 N–H and O–H groups in total. The van der Waals surface area contributed by atoms with Gasteiger partial charge >= 0.3 is 0 Å². The molecule has 0 spiro atoms. The fourth-order valence-corrected chi connectivity index (χ4v) is 9.79. The molecule has 1 unspecified atom stereocenters. The van der Waals surface area contributed by atoms with Crippen LogP contribution in [-0.4, -0.2) is 103 Å². The molecule has 3 fully saturated rings. The number of aryl methyl sites for hydroxylation is 1. The molecule has 1 aliphatic carbocycles. The van der Waals surface area contributed by atoms with Crippen molar-refractivity contribution in [3.05, 3.63) is 75.3 Å². The number of imide groups is 2. The highest BCUT2D eigenvalue weighted by molar-refractivity contribution is 7.99. The van der Waals surface area contributed by atoms with E-state index >= 15 is 0 Å². The van der Waals surface area contributed by atoms with Crippen LogP contribution in [-0.2, 0) is 9.59 Å². The van der Waals surface area contributed by atoms with E-state index in [0.29, 0.717) is 39.5 Å². The standard InChI is InChI=1S/C42H47N9O6S/c1-25-30-24-44-42(47-37(30)50(27-9-4-5-10-27)40(56)35(25)26(2)52)45-33-15-13-28(23-43-33)49-20-18-48(19-21-49)17-6-3-7-22-58-32-12-8-11-29-36(32)41(57)51(39(29)55)31-14-16-34(53)46-38(31)54/h8,11-13,15,23-24,27,31H,3-7,9-10,14,16-22H2,1-2H3,(H,46,53,54)(H,43,44,45,47). The van der Waals surface area contributed by atoms with Crippen molar-refractivity contribution >= 4 is 69.7 Å². The van der Waals surface area contributed by atoms with Gasteiger partial charge in [-0.05, 0) is 88.1 Å². The first kappa shape index (κ1) is 39.4. The average molecular weight is 806 g/mol. The third kappa shape index (κ3) is 7.74. The Bertz CT molecular complexity index is 2350. The van der Waals surface area contributed by atoms with Crippen LogP contribution in [0.15, 0.2) is 52.4 Å². The zero-order chi connectivity index (χ0) is 40.5. The van der Waals surface area contributed by atoms with Crippen LogP contribution in [0.25, 0.3) is 11.0 Å². The second-order valence-electron chi connectivity index (χ2n) is 15.5. The van der Waals surface area contributed by atoms with Gasteiger partial charge in [-0.15, -0.1) is 11.8 Å². The van der Waals surface area contributed by atoms with Crippen LogP contribution in [0.3, 0.4) is 0 Å². The third-order valence-corrected chi connectivity index (χ3v) is 12.9. The molecule has 8 rings (SSSR count). The molecule has 1 saturated carbocycles. The molecule has 2 saturated heterocycles. The van der Waals surface area contributed by atoms with Crippen molar-refractivity contribution in [2.24, 2.45) is 0 Å². The maximum atomic E-state index is 13.6. The largest absolute Gasteiger partial charge is 0.368 e. The molecule has 1 aromatic carbocycles. The van der Waals surface area contributed by atoms with Crippen LogP contribution in [0.1, 0.15) is 107 Å². The van der Waals surface area contributed by atoms with Crippen LogP contribution in [0, 0.1) is 6.92 Å². The van der Waals surface area contributed by atoms with Crippen LogP contribution >= 0.6 is 11.8 Å². The van der Waals surface area contributed by atoms with Crippen molar-refractivity contribution in [2.75, 3.05) is 48.7 Å². The van der Waals surface area contributed by atoms with Crippen LogP contribution in [0.5, 0.6) is 0 Å². The number of carbonyl (C=O) groups excluding carboxylic acids is 5. The number of pyridine rings is 2. The second kappa shape index (κ2) is 16.8. The molecule has 0 bridgehead atoms. The lowest BCUT2D eigenvalue weighted by Gasteiger charge is -2.36. The van der Waals surface area contributed by atoms with Crippen molar-refractivity contribution < 1.29 is 24.0 Å². The van der Waals surface area contributed by atoms with Gasteiger partial charge in [-0.1, -0.05) is 25.3 Å². The molecule has 6 heterocycles. The molecule has 4 amide bonds. The van der Waals surface area contributed by atoms with Crippen molar-refractivity contribution in [1.82, 2.24) is 34.6 Å². The first-order chi connectivity index (χ1) is 28.1. The summed E-state index contributed by atoms with van der Waals surface area (Å²) in [6, 6.07) is 8.24. The summed E-state index contributed by atoms with van der Waals surface area (Å²) in [5.74, 6) is -0.451. The quantitative estimate of drug-likeness (QED) is 0.0795. The number of unbranched alkanes of at least 4 members (excludes halogenated alkanes) is 2. The van der Waals surface area contributed by atoms with Gasteiger partial charge in [0, 0.05) is 55.1 Å². The van der Waals surface area contributed by atoms with Crippen molar-refractivity contribution in [2.45, 2.75) is 88.6 Å². The lowest BCUT2D eigenvalue weighted by Crippen LogP contribution is -2.54. The maximum absolute atomic E-state index is 13.6. The van der Waals surface area contributed by atoms with Crippen LogP contribution in [0.4, 0.5) is 17.5 Å². The van der Waals surface area contributed by atoms with E-state index < -0.39 is 29.7 Å². The number of Topliss-reactive ketones (excluding diaryl/α,β-unsaturated/α-hetero) is 1. The minimum absolute atomic E-state index is 0.00731. The Morgan fingerprint density at radius 3 is 2.43 bits per heavy atom. The minimum atomic E-state index is -0.970. The average Bonchev–Trinajstić information content (AvgIpc) is 3.83. The summed E-state index contributed by atoms with van der Waals surface area (Å²) in [6.07, 6.45) is 10.7. The Morgan fingerprint density at radius 2 is 1.71 bits per heavy atom. The molecule has 58 heavy (non-hydrogen) atoms. The second-order valence-corrected chi connectivity index (χ2v) is 16.6. The zero-order valence-electron chi connectivity index (χ0n) is 32.8. The van der Waals surface area contributed by atoms with E-state index in [0.717, 1.165) is 98.9 Å². The molecule has 4 aliphatic rings. The van der Waals surface area contributed by atoms with Gasteiger partial charge in [0.25, 0.3) is 17.4 Å². The van der Waals surface area contributed by atoms with E-state index in [1.54, 1.807) is 41.6 Å². The predicted molar refractivity (Wildman–Crippen MR) is 220 cm³/mol. The van der Waals surface area contributed by atoms with Gasteiger partial charge in [0.2, 0.25) is 17.8 Å². The minimum Gasteiger partial charge on any atom is -0.368 e. The van der Waals surface area contributed by atoms with Crippen molar-refractivity contribution in [1.29, 1.82) is 0 Å². The van der Waals surface area contributed by atoms with Gasteiger partial charge in [0.15, 0.2) is 5.78 Å². The first-order valence-electron chi connectivity index (χ1n) is 20.2. The Balaban J connectivity index is 0.796. The van der Waals surface area contributed by atoms with Crippen molar-refractivity contribution in [3.8, 4) is 0 Å². The molecule has 3 aromatic heterocycles. The van der Waals surface area contributed by atoms with E-state index in [-0.39, 0.29) is 35.8 Å². The summed E-state index contributed by atoms with van der Waals surface area (Å²) in [6.45, 7) is 7.90. The summed E-state index contributed by atoms with van der Waals surface area (Å²) in [5.41, 5.74) is 2.79. The molecule has 1 atom stereocenters. The Hall–Kier alpha value is -5.48. The number of ketones is 1. The van der Waals surface area contributed by atoms with E-state index in [4.69, 9.17) is 4.98 Å². The van der Waals surface area contributed by atoms with E-state index in [9.17, 15) is 28.8 Å². The summed E-state index contributed by atoms with van der Waals surface area (Å²) in [4.78, 5) is 97.1. The number of amides is 4. The van der Waals surface area contributed by atoms with Gasteiger partial charge in [-0.3, -0.25) is 48.5 Å². The Kier molecular flexibility index (Phi) is 11.4. The van der Waals surface area contributed by atoms with Gasteiger partial charge in [-0.25, -0.2) is 9.97 Å². The molecule has 15 nitrogen and oxygen atoms in total. The fourth-order valence-electron chi connectivity index (χ4n) is 8.70. The summed E-state index contributed by atoms with van der Waals surface area (Å²) in [7, 11) is 0. The van der Waals surface area contributed by atoms with Gasteiger partial charge in [-0.2, -0.15) is 4.98 Å². The van der Waals surface area contributed by atoms with E-state index in [2.05, 4.69) is 30.4 Å². The number of nitrogens with zero attached hydrogens (tertiary/aromatic N) is 7. The van der Waals surface area contributed by atoms with E-state index in [1.165, 1.54) is 6.92 Å². The number of nitrogens with one attached hydrogen (secondary N) is 2. The summed E-state index contributed by atoms with van der Waals surface area (Å²) in [5, 5.41) is 6.16. The lowest BCUT2D eigenvalue weighted by atomic mass is 10.0. The number of hydrogen-bond acceptors (Lipinski definition) is 13. The topological polar surface area (TPSA) is 180 Å². The highest BCUT2D eigenvalue weighted by atomic mass is 32.2. The number of aromatic nitrogens is 4. The molecular weight excluding hydrogens is 759 g/mol. The number of benzene rings is 1. The van der Waals surface area contributed by atoms with E-state index in [1.807, 2.05) is 24.4 Å². The smallest absolute Gasteiger partial charge is 0.263 e. The van der Waals surface area contributed by atoms with Crippen LogP contribution in [0.2, 0.25) is 0 Å². The van der Waals surface area contributed by atoms with Gasteiger partial charge in [0.05, 0.1) is 28.6 Å². The summed E-state index contributed by atoms with van der Waals surface area (Å²) >= 11 is 1.56. The monoisotopic (exact) mass is 805 g/mol. The number of hydrogen-bond donors (Lipinski definition) is 2. The number of rotatable bonds is 13. The normalized spacial score (nSPS) is 19.0. The van der Waals surface area contributed by atoms with Crippen molar-refractivity contribution in [3.63, 3.8) is 0 Å². The SMILES string of the molecule is CC(=O)c1c(C)c2cnc(Nc3ccc(N4CCN(CCCCCSc5cccc6c5C(=O)N(C5CCC(=O)NC5=O)C6=O)CC4)cn3)nc2n(C2CCCC2)c1=O. The molecule has 3 aliphatic heterocycles.